The summed E-state index contributed by atoms with van der Waals surface area (Å²) in [6.07, 6.45) is 3.46. The molecule has 16 nitrogen and oxygen atoms in total. The number of methoxy groups -OCH3 is 1. The molecule has 2 unspecified atom stereocenters. The van der Waals surface area contributed by atoms with Crippen LogP contribution in [0.4, 0.5) is 28.9 Å². The fourth-order valence-corrected chi connectivity index (χ4v) is 15.1. The summed E-state index contributed by atoms with van der Waals surface area (Å²) in [6.45, 7) is 1.23. The average Bonchev–Trinajstić information content (AvgIpc) is 3.81. The molecule has 2 aliphatic carbocycles. The number of nitrogens with zero attached hydrogens (tertiary/aromatic N) is 3. The van der Waals surface area contributed by atoms with Crippen LogP contribution in [0.15, 0.2) is 98.4 Å². The van der Waals surface area contributed by atoms with Crippen LogP contribution in [0.2, 0.25) is 0 Å². The van der Waals surface area contributed by atoms with Gasteiger partial charge in [-0.1, -0.05) is 12.1 Å². The van der Waals surface area contributed by atoms with Crippen LogP contribution >= 0.6 is 23.5 Å². The van der Waals surface area contributed by atoms with Crippen LogP contribution in [0.5, 0.6) is 0 Å². The van der Waals surface area contributed by atoms with Gasteiger partial charge >= 0.3 is 257 Å². The molecule has 0 bridgehead atoms. The molecule has 0 saturated heterocycles. The third-order valence-corrected chi connectivity index (χ3v) is 20.3. The van der Waals surface area contributed by atoms with Crippen molar-refractivity contribution in [1.29, 1.82) is 0 Å². The van der Waals surface area contributed by atoms with Crippen LogP contribution in [0.1, 0.15) is 57.8 Å². The Morgan fingerprint density at radius 2 is 1.36 bits per heavy atom. The summed E-state index contributed by atoms with van der Waals surface area (Å²) in [6, 6.07) is 16.9. The quantitative estimate of drug-likeness (QED) is 0.0186. The molecule has 0 radical (unpaired) electrons. The van der Waals surface area contributed by atoms with Crippen LogP contribution < -0.4 is 41.6 Å². The molecule has 0 spiro atoms. The Balaban J connectivity index is 1.04. The first-order valence-electron chi connectivity index (χ1n) is 24.2. The number of thioether (sulfide) groups is 2. The van der Waals surface area contributed by atoms with Gasteiger partial charge in [-0.2, -0.15) is 0 Å². The van der Waals surface area contributed by atoms with Crippen LogP contribution in [-0.4, -0.2) is 124 Å². The molecule has 75 heavy (non-hydrogen) atoms. The number of halogens is 5. The number of hydrogen-bond acceptors (Lipinski definition) is 14. The Morgan fingerprint density at radius 1 is 0.760 bits per heavy atom. The van der Waals surface area contributed by atoms with E-state index in [0.29, 0.717) is 86.5 Å². The molecule has 25 heteroatoms. The van der Waals surface area contributed by atoms with Crippen LogP contribution in [0, 0.1) is 49.5 Å². The molecule has 4 aromatic rings. The van der Waals surface area contributed by atoms with E-state index in [9.17, 15) is 45.3 Å². The Bertz CT molecular complexity index is 2850. The van der Waals surface area contributed by atoms with Crippen molar-refractivity contribution >= 4 is 66.8 Å². The third-order valence-electron chi connectivity index (χ3n) is 13.4. The maximum absolute atomic E-state index is 15.6. The van der Waals surface area contributed by atoms with Crippen molar-refractivity contribution < 1.29 is 78.5 Å². The van der Waals surface area contributed by atoms with Crippen LogP contribution in [0.3, 0.4) is 0 Å². The minimum absolute atomic E-state index is 0.0160. The molecule has 6 rings (SSSR count). The summed E-state index contributed by atoms with van der Waals surface area (Å²) in [5.41, 5.74) is -1.70. The molecular weight excluding hydrogens is 1170 g/mol. The van der Waals surface area contributed by atoms with Crippen molar-refractivity contribution in [2.45, 2.75) is 95.1 Å². The van der Waals surface area contributed by atoms with E-state index < -0.39 is 98.9 Å². The Hall–Kier alpha value is -4.25. The van der Waals surface area contributed by atoms with Gasteiger partial charge < -0.3 is 15.0 Å². The molecule has 0 aromatic heterocycles. The van der Waals surface area contributed by atoms with Crippen LogP contribution in [-0.2, 0) is 34.4 Å². The van der Waals surface area contributed by atoms with Gasteiger partial charge in [0.1, 0.15) is 17.1 Å². The predicted molar refractivity (Wildman–Crippen MR) is 276 cm³/mol. The summed E-state index contributed by atoms with van der Waals surface area (Å²) in [4.78, 5) is 43.3. The van der Waals surface area contributed by atoms with E-state index in [0.717, 1.165) is 4.90 Å². The molecule has 0 aliphatic heterocycles. The minimum atomic E-state index is -4.81. The fourth-order valence-electron chi connectivity index (χ4n) is 9.23. The number of rotatable bonds is 26. The Morgan fingerprint density at radius 3 is 1.96 bits per heavy atom. The van der Waals surface area contributed by atoms with Gasteiger partial charge in [-0.15, -0.1) is 11.8 Å². The van der Waals surface area contributed by atoms with Crippen molar-refractivity contribution in [3.63, 3.8) is 0 Å². The van der Waals surface area contributed by atoms with Crippen LogP contribution in [0.25, 0.3) is 0 Å². The number of nitrogens with one attached hydrogen (secondary N) is 4. The molecule has 4 atom stereocenters. The zero-order valence-electron chi connectivity index (χ0n) is 42.2. The van der Waals surface area contributed by atoms with Crippen molar-refractivity contribution in [2.75, 3.05) is 70.5 Å². The summed E-state index contributed by atoms with van der Waals surface area (Å²) in [7, 11) is -0.443. The van der Waals surface area contributed by atoms with Gasteiger partial charge in [0.2, 0.25) is 0 Å². The first-order chi connectivity index (χ1) is 35.5. The molecule has 4 aromatic carbocycles. The number of benzene rings is 4. The van der Waals surface area contributed by atoms with Crippen molar-refractivity contribution in [3.05, 3.63) is 111 Å². The normalized spacial score (nSPS) is 20.0. The van der Waals surface area contributed by atoms with E-state index in [1.807, 2.05) is 42.7 Å². The molecule has 2 fully saturated rings. The first kappa shape index (κ1) is 60.0. The molecule has 2 amide bonds. The Kier molecular flexibility index (Phi) is 21.5. The monoisotopic (exact) mass is 1240 g/mol. The second-order valence-electron chi connectivity index (χ2n) is 19.3. The van der Waals surface area contributed by atoms with Crippen molar-refractivity contribution in [3.8, 4) is 0 Å². The van der Waals surface area contributed by atoms with Gasteiger partial charge in [0.15, 0.2) is 11.6 Å². The number of sulfonamides is 2. The maximum atomic E-state index is 15.6. The zero-order valence-corrected chi connectivity index (χ0v) is 47.6. The first-order valence-corrected chi connectivity index (χ1v) is 31.2. The van der Waals surface area contributed by atoms with Gasteiger partial charge in [-0.3, -0.25) is 4.79 Å². The number of amides is 2. The van der Waals surface area contributed by atoms with Gasteiger partial charge in [0, 0.05) is 23.8 Å². The second-order valence-corrected chi connectivity index (χ2v) is 27.3. The van der Waals surface area contributed by atoms with E-state index >= 15 is 8.78 Å². The molecule has 5 N–H and O–H groups in total. The van der Waals surface area contributed by atoms with Gasteiger partial charge in [0.25, 0.3) is 15.9 Å². The topological polar surface area (TPSA) is 207 Å². The fraction of sp³-hybridized carbons (Fsp3) is 0.480. The molecule has 0 heterocycles. The van der Waals surface area contributed by atoms with E-state index in [-0.39, 0.29) is 53.9 Å². The summed E-state index contributed by atoms with van der Waals surface area (Å²) >= 11 is 0.873. The number of carbonyl (C=O) groups excluding carboxylic acids is 2. The van der Waals surface area contributed by atoms with Crippen molar-refractivity contribution in [1.82, 2.24) is 19.2 Å². The number of ether oxygens (including phenoxy) is 1. The van der Waals surface area contributed by atoms with Gasteiger partial charge in [0.05, 0.1) is 4.90 Å². The summed E-state index contributed by atoms with van der Waals surface area (Å²) in [5.74, 6) is -4.93. The molecular formula is C50H64F4IN7O9S4. The average molecular weight is 1240 g/mol. The van der Waals surface area contributed by atoms with E-state index in [4.69, 9.17) is 4.74 Å². The van der Waals surface area contributed by atoms with Gasteiger partial charge in [-0.05, 0) is 57.7 Å². The number of hydrogen-bond donors (Lipinski definition) is 5. The summed E-state index contributed by atoms with van der Waals surface area (Å²) < 4.78 is 124. The molecule has 2 aliphatic rings. The standard InChI is InChI=1S/C50H64F4IN7O9S4/c1-60(2)24-21-36(30-72-38-16-14-35(51)15-17-38)56-45-19-18-39(28-44(45)55-62(65)66)74(67,68)58-48(63)33-12-10-32(11-13-33)34-20-23-50(29-34,71-5)49(64)59-75(69,70)40-26-42(53)47(43(54)27-40)57-37(22-25-61(3)4)31-73-46-9-7-6-8-41(46)52/h6-9,14-19,26-28,32-34,36-37,56-57H,10-13,20-25,29-31H2,1-5H3,(H,58,63)(H,59,64)(H,65,66)/t32?,33?,34?,36-,37-,50?/m1/s1. The van der Waals surface area contributed by atoms with Gasteiger partial charge in [-0.25, -0.2) is 26.3 Å². The second kappa shape index (κ2) is 26.9. The predicted octanol–water partition coefficient (Wildman–Crippen LogP) is 4.94. The SMILES string of the molecule is COC1(C(=O)NS(=O)(=O)c2cc(F)c(N[C@H](CCN(C)C)CSc3ccccc3F)c(F)c2)CCC(C2CCC(C(=O)NS(=O)(=O)c3ccc(N[C@H](CCN(C)C)CSc4ccc(F)cc4)c([I-][N+](=O)O)c3)CC2)C1. The summed E-state index contributed by atoms with van der Waals surface area (Å²) in [5, 5.41) is 16.0. The van der Waals surface area contributed by atoms with E-state index in [1.165, 1.54) is 67.0 Å². The third kappa shape index (κ3) is 16.9. The zero-order chi connectivity index (χ0) is 54.7. The number of anilines is 2. The molecule has 2 saturated carbocycles. The van der Waals surface area contributed by atoms with Crippen molar-refractivity contribution in [2.24, 2.45) is 17.8 Å². The number of carbonyl (C=O) groups is 2. The Labute approximate surface area is 455 Å². The van der Waals surface area contributed by atoms with E-state index in [1.54, 1.807) is 30.3 Å². The molecule has 412 valence electrons. The van der Waals surface area contributed by atoms with E-state index in [2.05, 4.69) is 15.4 Å².